The Bertz CT molecular complexity index is 1140. The molecule has 0 aromatic heterocycles. The fraction of sp³-hybridized carbons (Fsp3) is 0. The first-order valence-electron chi connectivity index (χ1n) is 6.87. The molecule has 0 bridgehead atoms. The van der Waals surface area contributed by atoms with E-state index in [1.165, 1.54) is 0 Å². The fourth-order valence-electron chi connectivity index (χ4n) is 3.07. The molecule has 0 nitrogen and oxygen atoms in total. The van der Waals surface area contributed by atoms with Crippen molar-refractivity contribution in [3.05, 3.63) is 66.5 Å². The first-order chi connectivity index (χ1) is 11.4. The van der Waals surface area contributed by atoms with E-state index in [-0.39, 0.29) is 10.0 Å². The lowest BCUT2D eigenvalue weighted by Gasteiger charge is -2.16. The molecule has 0 N–H and O–H groups in total. The summed E-state index contributed by atoms with van der Waals surface area (Å²) in [4.78, 5) is 0. The van der Waals surface area contributed by atoms with Gasteiger partial charge in [-0.25, -0.2) is 0 Å². The Morgan fingerprint density at radius 2 is 0.917 bits per heavy atom. The minimum Gasteiger partial charge on any atom is -0.0827 e. The van der Waals surface area contributed by atoms with Crippen molar-refractivity contribution in [3.8, 4) is 0 Å². The van der Waals surface area contributed by atoms with Gasteiger partial charge < -0.3 is 0 Å². The van der Waals surface area contributed by atoms with E-state index in [9.17, 15) is 0 Å². The molecular weight excluding hydrogens is 429 g/mol. The van der Waals surface area contributed by atoms with Crippen molar-refractivity contribution in [3.63, 3.8) is 0 Å². The Morgan fingerprint density at radius 1 is 0.417 bits per heavy atom. The molecular formula is C18H6Cl6. The summed E-state index contributed by atoms with van der Waals surface area (Å²) in [6.45, 7) is 0. The topological polar surface area (TPSA) is 0 Å². The molecule has 0 heterocycles. The number of hydrogen-bond donors (Lipinski definition) is 0. The van der Waals surface area contributed by atoms with Gasteiger partial charge in [0.2, 0.25) is 0 Å². The van der Waals surface area contributed by atoms with Crippen LogP contribution in [0, 0.1) is 0 Å². The summed E-state index contributed by atoms with van der Waals surface area (Å²) >= 11 is 38.4. The Morgan fingerprint density at radius 3 is 1.58 bits per heavy atom. The maximum absolute atomic E-state index is 6.53. The number of benzene rings is 4. The number of fused-ring (bicyclic) bond motifs is 6. The second kappa shape index (κ2) is 5.99. The Labute approximate surface area is 167 Å². The summed E-state index contributed by atoms with van der Waals surface area (Å²) in [5, 5.41) is 6.80. The lowest BCUT2D eigenvalue weighted by molar-refractivity contribution is 1.76. The normalized spacial score (nSPS) is 11.8. The molecule has 0 saturated heterocycles. The van der Waals surface area contributed by atoms with Crippen molar-refractivity contribution >= 4 is 102 Å². The molecule has 0 aliphatic carbocycles. The summed E-state index contributed by atoms with van der Waals surface area (Å²) in [5.41, 5.74) is 0. The molecule has 0 aliphatic heterocycles. The highest BCUT2D eigenvalue weighted by molar-refractivity contribution is 6.58. The smallest absolute Gasteiger partial charge is 0.0800 e. The van der Waals surface area contributed by atoms with Crippen LogP contribution in [-0.4, -0.2) is 0 Å². The summed E-state index contributed by atoms with van der Waals surface area (Å²) < 4.78 is 0. The van der Waals surface area contributed by atoms with Gasteiger partial charge in [0.05, 0.1) is 30.1 Å². The van der Waals surface area contributed by atoms with Crippen LogP contribution in [0.2, 0.25) is 30.1 Å². The highest BCUT2D eigenvalue weighted by atomic mass is 35.5. The molecule has 0 unspecified atom stereocenters. The van der Waals surface area contributed by atoms with Gasteiger partial charge in [-0.3, -0.25) is 0 Å². The highest BCUT2D eigenvalue weighted by Crippen LogP contribution is 2.50. The zero-order valence-corrected chi connectivity index (χ0v) is 16.3. The van der Waals surface area contributed by atoms with Gasteiger partial charge in [0.1, 0.15) is 0 Å². The van der Waals surface area contributed by atoms with Gasteiger partial charge in [0, 0.05) is 16.2 Å². The third kappa shape index (κ3) is 2.22. The third-order valence-electron chi connectivity index (χ3n) is 4.10. The van der Waals surface area contributed by atoms with Crippen LogP contribution in [0.1, 0.15) is 0 Å². The molecule has 24 heavy (non-hydrogen) atoms. The van der Waals surface area contributed by atoms with E-state index in [0.29, 0.717) is 36.2 Å². The maximum Gasteiger partial charge on any atom is 0.0800 e. The van der Waals surface area contributed by atoms with E-state index < -0.39 is 0 Å². The van der Waals surface area contributed by atoms with E-state index in [2.05, 4.69) is 0 Å². The molecule has 0 aliphatic rings. The van der Waals surface area contributed by atoms with Crippen LogP contribution >= 0.6 is 69.6 Å². The second-order valence-corrected chi connectivity index (χ2v) is 7.63. The van der Waals surface area contributed by atoms with Crippen molar-refractivity contribution in [2.45, 2.75) is 0 Å². The maximum atomic E-state index is 6.53. The number of hydrogen-bond acceptors (Lipinski definition) is 0. The van der Waals surface area contributed by atoms with Crippen molar-refractivity contribution in [2.24, 2.45) is 0 Å². The zero-order chi connectivity index (χ0) is 17.2. The molecule has 120 valence electrons. The van der Waals surface area contributed by atoms with Crippen LogP contribution < -0.4 is 0 Å². The standard InChI is InChI=1S/C18H6Cl6/c19-10-6-5-9-7-3-1-2-4-8(7)12-13(11(9)14(10)20)16(22)18(24)17(23)15(12)21/h1-6H. The molecule has 0 amide bonds. The molecule has 0 radical (unpaired) electrons. The van der Waals surface area contributed by atoms with Gasteiger partial charge in [0.25, 0.3) is 0 Å². The summed E-state index contributed by atoms with van der Waals surface area (Å²) in [6, 6.07) is 11.5. The molecule has 6 heteroatoms. The van der Waals surface area contributed by atoms with Gasteiger partial charge >= 0.3 is 0 Å². The quantitative estimate of drug-likeness (QED) is 0.147. The van der Waals surface area contributed by atoms with E-state index in [4.69, 9.17) is 69.6 Å². The van der Waals surface area contributed by atoms with Crippen molar-refractivity contribution < 1.29 is 0 Å². The molecule has 4 aromatic carbocycles. The molecule has 0 atom stereocenters. The average Bonchev–Trinajstić information content (AvgIpc) is 2.59. The molecule has 0 saturated carbocycles. The summed E-state index contributed by atoms with van der Waals surface area (Å²) in [6.07, 6.45) is 0. The first-order valence-corrected chi connectivity index (χ1v) is 9.14. The second-order valence-electron chi connectivity index (χ2n) is 5.34. The average molecular weight is 435 g/mol. The summed E-state index contributed by atoms with van der Waals surface area (Å²) in [5.74, 6) is 0. The van der Waals surface area contributed by atoms with Crippen LogP contribution in [0.4, 0.5) is 0 Å². The minimum absolute atomic E-state index is 0.198. The summed E-state index contributed by atoms with van der Waals surface area (Å²) in [7, 11) is 0. The molecule has 0 fully saturated rings. The van der Waals surface area contributed by atoms with Crippen molar-refractivity contribution in [1.29, 1.82) is 0 Å². The monoisotopic (exact) mass is 432 g/mol. The SMILES string of the molecule is Clc1ccc2c3ccccc3c3c(Cl)c(Cl)c(Cl)c(Cl)c3c2c1Cl. The molecule has 4 rings (SSSR count). The molecule has 4 aromatic rings. The minimum atomic E-state index is 0.198. The van der Waals surface area contributed by atoms with E-state index in [1.54, 1.807) is 6.07 Å². The lowest BCUT2D eigenvalue weighted by Crippen LogP contribution is -1.89. The first kappa shape index (κ1) is 16.8. The predicted molar refractivity (Wildman–Crippen MR) is 109 cm³/mol. The van der Waals surface area contributed by atoms with Crippen LogP contribution in [0.5, 0.6) is 0 Å². The van der Waals surface area contributed by atoms with E-state index >= 15 is 0 Å². The van der Waals surface area contributed by atoms with Crippen LogP contribution in [0.15, 0.2) is 36.4 Å². The predicted octanol–water partition coefficient (Wildman–Crippen LogP) is 9.07. The van der Waals surface area contributed by atoms with Crippen LogP contribution in [-0.2, 0) is 0 Å². The van der Waals surface area contributed by atoms with E-state index in [1.807, 2.05) is 30.3 Å². The van der Waals surface area contributed by atoms with Gasteiger partial charge in [-0.05, 0) is 22.2 Å². The number of rotatable bonds is 0. The van der Waals surface area contributed by atoms with Gasteiger partial charge in [-0.15, -0.1) is 0 Å². The lowest BCUT2D eigenvalue weighted by atomic mass is 9.94. The Balaban J connectivity index is 2.53. The van der Waals surface area contributed by atoms with Crippen LogP contribution in [0.3, 0.4) is 0 Å². The largest absolute Gasteiger partial charge is 0.0827 e. The van der Waals surface area contributed by atoms with E-state index in [0.717, 1.165) is 16.2 Å². The van der Waals surface area contributed by atoms with Gasteiger partial charge in [-0.2, -0.15) is 0 Å². The number of halogens is 6. The van der Waals surface area contributed by atoms with Crippen LogP contribution in [0.25, 0.3) is 32.3 Å². The van der Waals surface area contributed by atoms with Crippen molar-refractivity contribution in [2.75, 3.05) is 0 Å². The Hall–Kier alpha value is -0.600. The Kier molecular flexibility index (Phi) is 4.20. The van der Waals surface area contributed by atoms with Crippen molar-refractivity contribution in [1.82, 2.24) is 0 Å². The van der Waals surface area contributed by atoms with Gasteiger partial charge in [0.15, 0.2) is 0 Å². The zero-order valence-electron chi connectivity index (χ0n) is 11.7. The third-order valence-corrected chi connectivity index (χ3v) is 6.70. The highest BCUT2D eigenvalue weighted by Gasteiger charge is 2.22. The molecule has 0 spiro atoms. The van der Waals surface area contributed by atoms with Gasteiger partial charge in [-0.1, -0.05) is 99.9 Å². The fourth-order valence-corrected chi connectivity index (χ4v) is 4.54.